The van der Waals surface area contributed by atoms with Gasteiger partial charge in [-0.2, -0.15) is 0 Å². The smallest absolute Gasteiger partial charge is 0.252 e. The zero-order chi connectivity index (χ0) is 31.0. The molecule has 0 aliphatic rings. The second-order valence-electron chi connectivity index (χ2n) is 10.8. The van der Waals surface area contributed by atoms with Crippen molar-refractivity contribution in [2.24, 2.45) is 0 Å². The number of benzene rings is 6. The van der Waals surface area contributed by atoms with Crippen molar-refractivity contribution in [3.8, 4) is 0 Å². The van der Waals surface area contributed by atoms with Crippen LogP contribution in [0.3, 0.4) is 0 Å². The Morgan fingerprint density at radius 3 is 1.60 bits per heavy atom. The number of carbonyl (C=O) groups excluding carboxylic acids is 1. The van der Waals surface area contributed by atoms with Crippen LogP contribution >= 0.6 is 7.92 Å². The van der Waals surface area contributed by atoms with E-state index in [1.165, 1.54) is 10.6 Å². The minimum absolute atomic E-state index is 0.194. The van der Waals surface area contributed by atoms with E-state index in [9.17, 15) is 9.00 Å². The number of rotatable bonds is 10. The highest BCUT2D eigenvalue weighted by molar-refractivity contribution is 7.85. The molecule has 0 fully saturated rings. The van der Waals surface area contributed by atoms with Gasteiger partial charge in [0.05, 0.1) is 22.1 Å². The van der Waals surface area contributed by atoms with Gasteiger partial charge in [-0.1, -0.05) is 157 Å². The summed E-state index contributed by atoms with van der Waals surface area (Å²) < 4.78 is 14.5. The van der Waals surface area contributed by atoms with Crippen LogP contribution in [0, 0.1) is 6.92 Å². The Labute approximate surface area is 269 Å². The first-order chi connectivity index (χ1) is 22.1. The van der Waals surface area contributed by atoms with Gasteiger partial charge in [0.1, 0.15) is 0 Å². The van der Waals surface area contributed by atoms with Gasteiger partial charge in [-0.15, -0.1) is 0 Å². The zero-order valence-corrected chi connectivity index (χ0v) is 26.7. The third-order valence-electron chi connectivity index (χ3n) is 7.78. The maximum atomic E-state index is 14.6. The van der Waals surface area contributed by atoms with Crippen LogP contribution in [0.1, 0.15) is 38.3 Å². The Bertz CT molecular complexity index is 1830. The van der Waals surface area contributed by atoms with Gasteiger partial charge < -0.3 is 5.32 Å². The van der Waals surface area contributed by atoms with E-state index < -0.39 is 30.0 Å². The van der Waals surface area contributed by atoms with Crippen molar-refractivity contribution in [1.29, 1.82) is 0 Å². The summed E-state index contributed by atoms with van der Waals surface area (Å²) in [6.45, 7) is 2.02. The van der Waals surface area contributed by atoms with Crippen molar-refractivity contribution < 1.29 is 9.00 Å². The first-order valence-electron chi connectivity index (χ1n) is 15.0. The highest BCUT2D eigenvalue weighted by Gasteiger charge is 2.33. The topological polar surface area (TPSA) is 46.2 Å². The van der Waals surface area contributed by atoms with Crippen LogP contribution in [0.5, 0.6) is 0 Å². The Morgan fingerprint density at radius 1 is 0.578 bits per heavy atom. The Morgan fingerprint density at radius 2 is 1.04 bits per heavy atom. The van der Waals surface area contributed by atoms with Gasteiger partial charge in [-0.3, -0.25) is 9.00 Å². The summed E-state index contributed by atoms with van der Waals surface area (Å²) in [6, 6.07) is 55.7. The molecule has 5 heteroatoms. The molecule has 1 amide bonds. The van der Waals surface area contributed by atoms with E-state index in [1.807, 2.05) is 146 Å². The SMILES string of the molecule is Cc1ccc(S(=O)[C@H](c2ccccc2)[C@@H](NC(=O)c2ccccc2P(c2ccccc2)c2ccccc2)c2ccccc2)cc1. The van der Waals surface area contributed by atoms with Gasteiger partial charge in [0.2, 0.25) is 0 Å². The summed E-state index contributed by atoms with van der Waals surface area (Å²) in [5.41, 5.74) is 3.51. The van der Waals surface area contributed by atoms with Crippen LogP contribution in [0.25, 0.3) is 0 Å². The van der Waals surface area contributed by atoms with Gasteiger partial charge >= 0.3 is 0 Å². The van der Waals surface area contributed by atoms with Crippen LogP contribution in [0.15, 0.2) is 175 Å². The molecule has 0 bridgehead atoms. The van der Waals surface area contributed by atoms with Crippen molar-refractivity contribution in [2.75, 3.05) is 0 Å². The molecule has 1 unspecified atom stereocenters. The van der Waals surface area contributed by atoms with Gasteiger partial charge in [0.15, 0.2) is 0 Å². The summed E-state index contributed by atoms with van der Waals surface area (Å²) in [5.74, 6) is -0.194. The van der Waals surface area contributed by atoms with Gasteiger partial charge in [-0.05, 0) is 60.1 Å². The fraction of sp³-hybridized carbons (Fsp3) is 0.0750. The van der Waals surface area contributed by atoms with E-state index in [-0.39, 0.29) is 5.91 Å². The molecule has 6 aromatic rings. The fourth-order valence-corrected chi connectivity index (χ4v) is 9.58. The minimum atomic E-state index is -1.47. The van der Waals surface area contributed by atoms with Crippen molar-refractivity contribution in [3.05, 3.63) is 192 Å². The lowest BCUT2D eigenvalue weighted by Crippen LogP contribution is -2.37. The monoisotopic (exact) mass is 623 g/mol. The zero-order valence-electron chi connectivity index (χ0n) is 25.0. The highest BCUT2D eigenvalue weighted by atomic mass is 32.2. The molecule has 0 saturated carbocycles. The normalized spacial score (nSPS) is 13.1. The van der Waals surface area contributed by atoms with Gasteiger partial charge in [0, 0.05) is 10.5 Å². The van der Waals surface area contributed by atoms with Crippen LogP contribution in [0.2, 0.25) is 0 Å². The molecule has 3 nitrogen and oxygen atoms in total. The summed E-state index contributed by atoms with van der Waals surface area (Å²) in [5, 5.41) is 6.17. The molecule has 3 atom stereocenters. The van der Waals surface area contributed by atoms with Gasteiger partial charge in [0.25, 0.3) is 5.91 Å². The number of hydrogen-bond donors (Lipinski definition) is 1. The van der Waals surface area contributed by atoms with E-state index in [1.54, 1.807) is 0 Å². The maximum absolute atomic E-state index is 14.6. The molecule has 0 aromatic heterocycles. The molecule has 45 heavy (non-hydrogen) atoms. The molecular formula is C40H34NO2PS. The molecule has 0 spiro atoms. The number of nitrogens with one attached hydrogen (secondary N) is 1. The maximum Gasteiger partial charge on any atom is 0.252 e. The van der Waals surface area contributed by atoms with Crippen LogP contribution in [-0.2, 0) is 10.8 Å². The van der Waals surface area contributed by atoms with E-state index in [4.69, 9.17) is 0 Å². The minimum Gasteiger partial charge on any atom is -0.344 e. The molecule has 6 aromatic carbocycles. The largest absolute Gasteiger partial charge is 0.344 e. The predicted molar refractivity (Wildman–Crippen MR) is 189 cm³/mol. The number of carbonyl (C=O) groups is 1. The predicted octanol–water partition coefficient (Wildman–Crippen LogP) is 7.77. The summed E-state index contributed by atoms with van der Waals surface area (Å²) in [6.07, 6.45) is 0. The standard InChI is InChI=1S/C40H34NO2PS/c1-30-26-28-35(29-27-30)45(43)39(32-18-8-3-9-19-32)38(31-16-6-2-7-17-31)41-40(42)36-24-14-15-25-37(36)44(33-20-10-4-11-21-33)34-22-12-5-13-23-34/h2-29,38-39H,1H3,(H,41,42)/t38-,39+,45?/m0/s1. The van der Waals surface area contributed by atoms with Crippen molar-refractivity contribution >= 4 is 40.5 Å². The summed E-state index contributed by atoms with van der Waals surface area (Å²) in [4.78, 5) is 15.3. The van der Waals surface area contributed by atoms with Crippen molar-refractivity contribution in [3.63, 3.8) is 0 Å². The molecule has 0 heterocycles. The first-order valence-corrected chi connectivity index (χ1v) is 17.5. The number of aryl methyl sites for hydroxylation is 1. The lowest BCUT2D eigenvalue weighted by atomic mass is 9.97. The van der Waals surface area contributed by atoms with E-state index >= 15 is 0 Å². The second-order valence-corrected chi connectivity index (χ2v) is 14.6. The van der Waals surface area contributed by atoms with E-state index in [2.05, 4.69) is 35.6 Å². The summed E-state index contributed by atoms with van der Waals surface area (Å²) >= 11 is 0. The molecule has 0 aliphatic heterocycles. The third-order valence-corrected chi connectivity index (χ3v) is 12.0. The second kappa shape index (κ2) is 14.4. The third kappa shape index (κ3) is 7.04. The molecule has 6 rings (SSSR count). The molecule has 222 valence electrons. The molecular weight excluding hydrogens is 589 g/mol. The van der Waals surface area contributed by atoms with Crippen LogP contribution < -0.4 is 21.2 Å². The molecule has 1 N–H and O–H groups in total. The summed E-state index contributed by atoms with van der Waals surface area (Å²) in [7, 11) is -2.48. The van der Waals surface area contributed by atoms with Crippen molar-refractivity contribution in [1.82, 2.24) is 5.32 Å². The molecule has 0 aliphatic carbocycles. The fourth-order valence-electron chi connectivity index (χ4n) is 5.56. The Kier molecular flexibility index (Phi) is 9.75. The first kappa shape index (κ1) is 30.4. The van der Waals surface area contributed by atoms with E-state index in [0.717, 1.165) is 26.9 Å². The lowest BCUT2D eigenvalue weighted by molar-refractivity contribution is 0.0937. The molecule has 0 saturated heterocycles. The van der Waals surface area contributed by atoms with Gasteiger partial charge in [-0.25, -0.2) is 0 Å². The highest BCUT2D eigenvalue weighted by Crippen LogP contribution is 2.38. The number of hydrogen-bond acceptors (Lipinski definition) is 2. The van der Waals surface area contributed by atoms with Crippen molar-refractivity contribution in [2.45, 2.75) is 23.1 Å². The average molecular weight is 624 g/mol. The average Bonchev–Trinajstić information content (AvgIpc) is 3.10. The molecule has 0 radical (unpaired) electrons. The Hall–Kier alpha value is -4.63. The Balaban J connectivity index is 1.45. The lowest BCUT2D eigenvalue weighted by Gasteiger charge is -2.29. The van der Waals surface area contributed by atoms with Crippen LogP contribution in [-0.4, -0.2) is 10.1 Å². The van der Waals surface area contributed by atoms with Crippen LogP contribution in [0.4, 0.5) is 0 Å². The van der Waals surface area contributed by atoms with E-state index in [0.29, 0.717) is 5.56 Å². The number of amides is 1. The quantitative estimate of drug-likeness (QED) is 0.159.